The fourth-order valence-electron chi connectivity index (χ4n) is 1.66. The quantitative estimate of drug-likeness (QED) is 0.801. The normalized spacial score (nSPS) is 12.3. The Hall–Kier alpha value is -1.52. The van der Waals surface area contributed by atoms with Crippen LogP contribution in [-0.2, 0) is 11.8 Å². The van der Waals surface area contributed by atoms with Crippen LogP contribution in [0.5, 0.6) is 0 Å². The van der Waals surface area contributed by atoms with Gasteiger partial charge in [0.15, 0.2) is 0 Å². The van der Waals surface area contributed by atoms with E-state index in [2.05, 4.69) is 15.7 Å². The van der Waals surface area contributed by atoms with E-state index < -0.39 is 0 Å². The van der Waals surface area contributed by atoms with Crippen molar-refractivity contribution in [2.24, 2.45) is 7.05 Å². The zero-order chi connectivity index (χ0) is 12.3. The lowest BCUT2D eigenvalue weighted by Gasteiger charge is -2.14. The van der Waals surface area contributed by atoms with E-state index in [1.54, 1.807) is 7.05 Å². The molecule has 16 heavy (non-hydrogen) atoms. The van der Waals surface area contributed by atoms with Crippen molar-refractivity contribution in [1.82, 2.24) is 15.1 Å². The second-order valence-electron chi connectivity index (χ2n) is 4.09. The number of aryl methyl sites for hydroxylation is 2. The fourth-order valence-corrected chi connectivity index (χ4v) is 1.66. The van der Waals surface area contributed by atoms with Gasteiger partial charge in [0, 0.05) is 26.6 Å². The Morgan fingerprint density at radius 3 is 2.56 bits per heavy atom. The van der Waals surface area contributed by atoms with Gasteiger partial charge in [-0.25, -0.2) is 0 Å². The highest BCUT2D eigenvalue weighted by atomic mass is 16.1. The van der Waals surface area contributed by atoms with Crippen LogP contribution in [0, 0.1) is 13.8 Å². The molecule has 0 aromatic carbocycles. The standard InChI is InChI=1S/C11H20N4O/c1-7(6-10(16)12-4)13-11-8(2)14-15(5)9(11)3/h7,13H,6H2,1-5H3,(H,12,16). The van der Waals surface area contributed by atoms with Gasteiger partial charge in [0.2, 0.25) is 5.91 Å². The van der Waals surface area contributed by atoms with Crippen LogP contribution in [0.3, 0.4) is 0 Å². The van der Waals surface area contributed by atoms with E-state index in [0.29, 0.717) is 6.42 Å². The average molecular weight is 224 g/mol. The molecule has 1 heterocycles. The molecule has 0 radical (unpaired) electrons. The van der Waals surface area contributed by atoms with Crippen LogP contribution < -0.4 is 10.6 Å². The Labute approximate surface area is 96.2 Å². The monoisotopic (exact) mass is 224 g/mol. The number of rotatable bonds is 4. The summed E-state index contributed by atoms with van der Waals surface area (Å²) in [5.41, 5.74) is 3.07. The lowest BCUT2D eigenvalue weighted by Crippen LogP contribution is -2.27. The molecule has 0 aliphatic rings. The summed E-state index contributed by atoms with van der Waals surface area (Å²) in [7, 11) is 3.56. The second-order valence-corrected chi connectivity index (χ2v) is 4.09. The van der Waals surface area contributed by atoms with E-state index in [1.165, 1.54) is 0 Å². The van der Waals surface area contributed by atoms with E-state index in [-0.39, 0.29) is 11.9 Å². The first-order chi connectivity index (χ1) is 7.45. The summed E-state index contributed by atoms with van der Waals surface area (Å²) in [6.07, 6.45) is 0.463. The molecule has 0 aliphatic heterocycles. The largest absolute Gasteiger partial charge is 0.379 e. The van der Waals surface area contributed by atoms with Crippen LogP contribution in [0.25, 0.3) is 0 Å². The maximum Gasteiger partial charge on any atom is 0.221 e. The molecule has 5 heteroatoms. The first-order valence-corrected chi connectivity index (χ1v) is 5.43. The van der Waals surface area contributed by atoms with Crippen molar-refractivity contribution >= 4 is 11.6 Å². The molecule has 0 aliphatic carbocycles. The van der Waals surface area contributed by atoms with Crippen LogP contribution in [0.1, 0.15) is 24.7 Å². The lowest BCUT2D eigenvalue weighted by molar-refractivity contribution is -0.120. The molecule has 1 amide bonds. The van der Waals surface area contributed by atoms with Crippen molar-refractivity contribution in [2.75, 3.05) is 12.4 Å². The molecule has 0 bridgehead atoms. The van der Waals surface area contributed by atoms with Gasteiger partial charge < -0.3 is 10.6 Å². The number of nitrogens with zero attached hydrogens (tertiary/aromatic N) is 2. The van der Waals surface area contributed by atoms with E-state index in [0.717, 1.165) is 17.1 Å². The minimum atomic E-state index is 0.0409. The number of aromatic nitrogens is 2. The zero-order valence-electron chi connectivity index (χ0n) is 10.6. The van der Waals surface area contributed by atoms with Gasteiger partial charge in [-0.3, -0.25) is 9.48 Å². The molecule has 1 atom stereocenters. The molecular formula is C11H20N4O. The number of hydrogen-bond donors (Lipinski definition) is 2. The van der Waals surface area contributed by atoms with Gasteiger partial charge in [0.1, 0.15) is 0 Å². The van der Waals surface area contributed by atoms with Gasteiger partial charge in [0.25, 0.3) is 0 Å². The fraction of sp³-hybridized carbons (Fsp3) is 0.636. The molecule has 0 spiro atoms. The smallest absolute Gasteiger partial charge is 0.221 e. The Kier molecular flexibility index (Phi) is 3.93. The average Bonchev–Trinajstić information content (AvgIpc) is 2.45. The number of amides is 1. The molecule has 1 aromatic heterocycles. The molecule has 1 aromatic rings. The van der Waals surface area contributed by atoms with Crippen LogP contribution in [0.15, 0.2) is 0 Å². The van der Waals surface area contributed by atoms with Gasteiger partial charge in [-0.15, -0.1) is 0 Å². The Bertz CT molecular complexity index is 384. The highest BCUT2D eigenvalue weighted by Gasteiger charge is 2.13. The first kappa shape index (κ1) is 12.5. The Morgan fingerprint density at radius 1 is 1.50 bits per heavy atom. The number of carbonyl (C=O) groups is 1. The highest BCUT2D eigenvalue weighted by molar-refractivity contribution is 5.76. The SMILES string of the molecule is CNC(=O)CC(C)Nc1c(C)nn(C)c1C. The highest BCUT2D eigenvalue weighted by Crippen LogP contribution is 2.19. The van der Waals surface area contributed by atoms with Crippen molar-refractivity contribution < 1.29 is 4.79 Å². The second kappa shape index (κ2) is 5.01. The third kappa shape index (κ3) is 2.74. The Balaban J connectivity index is 2.69. The number of carbonyl (C=O) groups excluding carboxylic acids is 1. The van der Waals surface area contributed by atoms with Crippen LogP contribution >= 0.6 is 0 Å². The predicted molar refractivity (Wildman–Crippen MR) is 64.5 cm³/mol. The summed E-state index contributed by atoms with van der Waals surface area (Å²) >= 11 is 0. The van der Waals surface area contributed by atoms with Crippen LogP contribution in [0.4, 0.5) is 5.69 Å². The molecule has 1 unspecified atom stereocenters. The van der Waals surface area contributed by atoms with Crippen LogP contribution in [0.2, 0.25) is 0 Å². The lowest BCUT2D eigenvalue weighted by atomic mass is 10.2. The molecule has 2 N–H and O–H groups in total. The van der Waals surface area contributed by atoms with Gasteiger partial charge in [-0.05, 0) is 20.8 Å². The minimum Gasteiger partial charge on any atom is -0.379 e. The van der Waals surface area contributed by atoms with Crippen LogP contribution in [-0.4, -0.2) is 28.8 Å². The number of anilines is 1. The van der Waals surface area contributed by atoms with Crippen molar-refractivity contribution in [2.45, 2.75) is 33.2 Å². The van der Waals surface area contributed by atoms with Crippen molar-refractivity contribution in [3.8, 4) is 0 Å². The maximum absolute atomic E-state index is 11.2. The third-order valence-electron chi connectivity index (χ3n) is 2.67. The van der Waals surface area contributed by atoms with E-state index in [1.807, 2.05) is 32.5 Å². The molecule has 0 saturated carbocycles. The molecular weight excluding hydrogens is 204 g/mol. The van der Waals surface area contributed by atoms with Gasteiger partial charge in [0.05, 0.1) is 17.1 Å². The summed E-state index contributed by atoms with van der Waals surface area (Å²) in [5.74, 6) is 0.0409. The molecule has 0 saturated heterocycles. The predicted octanol–water partition coefficient (Wildman–Crippen LogP) is 0.973. The number of nitrogens with one attached hydrogen (secondary N) is 2. The Morgan fingerprint density at radius 2 is 2.12 bits per heavy atom. The first-order valence-electron chi connectivity index (χ1n) is 5.43. The van der Waals surface area contributed by atoms with Gasteiger partial charge >= 0.3 is 0 Å². The van der Waals surface area contributed by atoms with Crippen molar-refractivity contribution in [3.63, 3.8) is 0 Å². The maximum atomic E-state index is 11.2. The van der Waals surface area contributed by atoms with E-state index in [4.69, 9.17) is 0 Å². The molecule has 1 rings (SSSR count). The van der Waals surface area contributed by atoms with Crippen molar-refractivity contribution in [1.29, 1.82) is 0 Å². The summed E-state index contributed by atoms with van der Waals surface area (Å²) in [4.78, 5) is 11.2. The molecule has 0 fully saturated rings. The minimum absolute atomic E-state index is 0.0409. The number of hydrogen-bond acceptors (Lipinski definition) is 3. The van der Waals surface area contributed by atoms with Gasteiger partial charge in [-0.1, -0.05) is 0 Å². The third-order valence-corrected chi connectivity index (χ3v) is 2.67. The zero-order valence-corrected chi connectivity index (χ0v) is 10.6. The summed E-state index contributed by atoms with van der Waals surface area (Å²) in [6.45, 7) is 5.96. The summed E-state index contributed by atoms with van der Waals surface area (Å²) in [5, 5.41) is 10.3. The molecule has 90 valence electrons. The summed E-state index contributed by atoms with van der Waals surface area (Å²) < 4.78 is 1.84. The van der Waals surface area contributed by atoms with E-state index >= 15 is 0 Å². The van der Waals surface area contributed by atoms with Gasteiger partial charge in [-0.2, -0.15) is 5.10 Å². The summed E-state index contributed by atoms with van der Waals surface area (Å²) in [6, 6.07) is 0.0987. The topological polar surface area (TPSA) is 59.0 Å². The van der Waals surface area contributed by atoms with Crippen molar-refractivity contribution in [3.05, 3.63) is 11.4 Å². The van der Waals surface area contributed by atoms with E-state index in [9.17, 15) is 4.79 Å². The molecule has 5 nitrogen and oxygen atoms in total.